The van der Waals surface area contributed by atoms with E-state index in [2.05, 4.69) is 4.98 Å². The van der Waals surface area contributed by atoms with Crippen LogP contribution in [0.1, 0.15) is 24.0 Å². The van der Waals surface area contributed by atoms with Crippen molar-refractivity contribution < 1.29 is 26.5 Å². The number of aryl methyl sites for hydroxylation is 2. The van der Waals surface area contributed by atoms with Gasteiger partial charge in [-0.15, -0.1) is 0 Å². The van der Waals surface area contributed by atoms with Crippen LogP contribution in [0.15, 0.2) is 72.1 Å². The van der Waals surface area contributed by atoms with Crippen LogP contribution in [0.2, 0.25) is 0 Å². The van der Waals surface area contributed by atoms with E-state index in [4.69, 9.17) is 13.7 Å². The van der Waals surface area contributed by atoms with Crippen LogP contribution in [0.25, 0.3) is 0 Å². The zero-order valence-corrected chi connectivity index (χ0v) is 19.2. The van der Waals surface area contributed by atoms with Crippen molar-refractivity contribution in [1.82, 2.24) is 9.55 Å². The number of benzene rings is 2. The van der Waals surface area contributed by atoms with Crippen molar-refractivity contribution in [3.05, 3.63) is 84.2 Å². The molecule has 0 saturated carbocycles. The molecule has 0 amide bonds. The van der Waals surface area contributed by atoms with Crippen LogP contribution in [0.4, 0.5) is 4.39 Å². The molecule has 0 aliphatic carbocycles. The maximum Gasteiger partial charge on any atom is 0.297 e. The van der Waals surface area contributed by atoms with Crippen molar-refractivity contribution in [1.29, 1.82) is 0 Å². The predicted molar refractivity (Wildman–Crippen MR) is 119 cm³/mol. The normalized spacial score (nSPS) is 20.8. The minimum atomic E-state index is -3.89. The Kier molecular flexibility index (Phi) is 7.23. The zero-order chi connectivity index (χ0) is 23.3. The van der Waals surface area contributed by atoms with Gasteiger partial charge in [-0.2, -0.15) is 8.42 Å². The van der Waals surface area contributed by atoms with Gasteiger partial charge < -0.3 is 14.0 Å². The highest BCUT2D eigenvalue weighted by Crippen LogP contribution is 2.32. The summed E-state index contributed by atoms with van der Waals surface area (Å²) in [4.78, 5) is 4.18. The monoisotopic (exact) mass is 474 g/mol. The van der Waals surface area contributed by atoms with E-state index in [0.717, 1.165) is 24.0 Å². The second-order valence-corrected chi connectivity index (χ2v) is 9.84. The lowest BCUT2D eigenvalue weighted by atomic mass is 10.0. The van der Waals surface area contributed by atoms with Gasteiger partial charge in [0, 0.05) is 18.8 Å². The highest BCUT2D eigenvalue weighted by molar-refractivity contribution is 7.86. The molecule has 176 valence electrons. The van der Waals surface area contributed by atoms with E-state index in [0.29, 0.717) is 13.0 Å². The van der Waals surface area contributed by atoms with Gasteiger partial charge >= 0.3 is 0 Å². The first kappa shape index (κ1) is 23.6. The molecule has 0 unspecified atom stereocenters. The van der Waals surface area contributed by atoms with Gasteiger partial charge in [-0.05, 0) is 49.6 Å². The predicted octanol–water partition coefficient (Wildman–Crippen LogP) is 3.87. The van der Waals surface area contributed by atoms with Crippen molar-refractivity contribution in [3.63, 3.8) is 0 Å². The van der Waals surface area contributed by atoms with Gasteiger partial charge in [0.2, 0.25) is 0 Å². The lowest BCUT2D eigenvalue weighted by Crippen LogP contribution is -2.37. The molecular weight excluding hydrogens is 447 g/mol. The summed E-state index contributed by atoms with van der Waals surface area (Å²) < 4.78 is 57.6. The van der Waals surface area contributed by atoms with Gasteiger partial charge in [0.25, 0.3) is 10.1 Å². The molecule has 1 fully saturated rings. The Balaban J connectivity index is 1.38. The van der Waals surface area contributed by atoms with Gasteiger partial charge in [0.05, 0.1) is 31.0 Å². The van der Waals surface area contributed by atoms with Crippen molar-refractivity contribution in [2.75, 3.05) is 13.2 Å². The van der Waals surface area contributed by atoms with E-state index >= 15 is 0 Å². The molecule has 9 heteroatoms. The third kappa shape index (κ3) is 6.26. The highest BCUT2D eigenvalue weighted by atomic mass is 32.2. The molecule has 7 nitrogen and oxygen atoms in total. The molecule has 2 atom stereocenters. The largest absolute Gasteiger partial charge is 0.345 e. The number of nitrogens with zero attached hydrogens (tertiary/aromatic N) is 2. The van der Waals surface area contributed by atoms with E-state index in [1.807, 2.05) is 17.7 Å². The van der Waals surface area contributed by atoms with Crippen molar-refractivity contribution in [2.45, 2.75) is 49.5 Å². The summed E-state index contributed by atoms with van der Waals surface area (Å²) in [5, 5.41) is 0. The Morgan fingerprint density at radius 1 is 1.18 bits per heavy atom. The minimum Gasteiger partial charge on any atom is -0.345 e. The SMILES string of the molecule is Cc1ccc(S(=O)(=O)OC[C@H]2CO[C@@](CCCc3ccc(F)cc3)(Cn3ccnc3)O2)cc1. The first-order valence-electron chi connectivity index (χ1n) is 10.8. The first-order valence-corrected chi connectivity index (χ1v) is 12.2. The summed E-state index contributed by atoms with van der Waals surface area (Å²) in [6, 6.07) is 12.9. The van der Waals surface area contributed by atoms with Crippen molar-refractivity contribution in [2.24, 2.45) is 0 Å². The maximum atomic E-state index is 13.1. The maximum absolute atomic E-state index is 13.1. The third-order valence-corrected chi connectivity index (χ3v) is 6.85. The van der Waals surface area contributed by atoms with Crippen LogP contribution in [0, 0.1) is 12.7 Å². The summed E-state index contributed by atoms with van der Waals surface area (Å²) >= 11 is 0. The number of ether oxygens (including phenoxy) is 2. The van der Waals surface area contributed by atoms with Crippen LogP contribution in [-0.4, -0.2) is 43.1 Å². The van der Waals surface area contributed by atoms with Crippen LogP contribution in [0.5, 0.6) is 0 Å². The van der Waals surface area contributed by atoms with Gasteiger partial charge in [0.15, 0.2) is 5.79 Å². The molecule has 0 spiro atoms. The van der Waals surface area contributed by atoms with E-state index in [1.54, 1.807) is 36.8 Å². The van der Waals surface area contributed by atoms with Gasteiger partial charge in [-0.25, -0.2) is 9.37 Å². The summed E-state index contributed by atoms with van der Waals surface area (Å²) in [5.41, 5.74) is 1.99. The van der Waals surface area contributed by atoms with Crippen LogP contribution < -0.4 is 0 Å². The highest BCUT2D eigenvalue weighted by Gasteiger charge is 2.42. The Morgan fingerprint density at radius 2 is 1.94 bits per heavy atom. The van der Waals surface area contributed by atoms with E-state index in [9.17, 15) is 12.8 Å². The average molecular weight is 475 g/mol. The smallest absolute Gasteiger partial charge is 0.297 e. The van der Waals surface area contributed by atoms with Gasteiger partial charge in [-0.3, -0.25) is 4.18 Å². The Hall–Kier alpha value is -2.59. The number of rotatable bonds is 10. The summed E-state index contributed by atoms with van der Waals surface area (Å²) in [6.07, 6.45) is 6.71. The quantitative estimate of drug-likeness (QED) is 0.415. The average Bonchev–Trinajstić information content (AvgIpc) is 3.45. The minimum absolute atomic E-state index is 0.107. The van der Waals surface area contributed by atoms with Crippen LogP contribution in [-0.2, 0) is 36.7 Å². The molecule has 4 rings (SSSR count). The zero-order valence-electron chi connectivity index (χ0n) is 18.4. The molecule has 0 N–H and O–H groups in total. The van der Waals surface area contributed by atoms with E-state index < -0.39 is 22.0 Å². The molecule has 0 radical (unpaired) electrons. The first-order chi connectivity index (χ1) is 15.8. The van der Waals surface area contributed by atoms with Crippen molar-refractivity contribution >= 4 is 10.1 Å². The molecule has 1 aliphatic heterocycles. The lowest BCUT2D eigenvalue weighted by molar-refractivity contribution is -0.185. The summed E-state index contributed by atoms with van der Waals surface area (Å²) in [7, 11) is -3.89. The third-order valence-electron chi connectivity index (χ3n) is 5.55. The molecular formula is C24H27FN2O5S. The Bertz CT molecular complexity index is 1130. The van der Waals surface area contributed by atoms with Gasteiger partial charge in [0.1, 0.15) is 11.9 Å². The Morgan fingerprint density at radius 3 is 2.64 bits per heavy atom. The van der Waals surface area contributed by atoms with Gasteiger partial charge in [-0.1, -0.05) is 29.8 Å². The molecule has 3 aromatic rings. The summed E-state index contributed by atoms with van der Waals surface area (Å²) in [5.74, 6) is -1.19. The summed E-state index contributed by atoms with van der Waals surface area (Å²) in [6.45, 7) is 2.38. The fraction of sp³-hybridized carbons (Fsp3) is 0.375. The van der Waals surface area contributed by atoms with E-state index in [1.165, 1.54) is 24.3 Å². The Labute approximate surface area is 193 Å². The fourth-order valence-electron chi connectivity index (χ4n) is 3.80. The molecule has 33 heavy (non-hydrogen) atoms. The number of halogens is 1. The lowest BCUT2D eigenvalue weighted by Gasteiger charge is -2.28. The fourth-order valence-corrected chi connectivity index (χ4v) is 4.74. The standard InChI is InChI=1S/C24H27FN2O5S/c1-19-4-10-23(11-5-19)33(28,29)31-16-22-15-30-24(32-22,17-27-14-13-26-18-27)12-2-3-20-6-8-21(25)9-7-20/h4-11,13-14,18,22H,2-3,12,15-17H2,1H3/t22-,24-/m1/s1. The molecule has 2 aromatic carbocycles. The molecule has 1 aromatic heterocycles. The van der Waals surface area contributed by atoms with Crippen LogP contribution >= 0.6 is 0 Å². The number of hydrogen-bond acceptors (Lipinski definition) is 6. The molecule has 2 heterocycles. The number of aromatic nitrogens is 2. The van der Waals surface area contributed by atoms with Crippen LogP contribution in [0.3, 0.4) is 0 Å². The molecule has 0 bridgehead atoms. The molecule has 1 saturated heterocycles. The number of hydrogen-bond donors (Lipinski definition) is 0. The molecule has 1 aliphatic rings. The number of imidazole rings is 1. The van der Waals surface area contributed by atoms with E-state index in [-0.39, 0.29) is 23.9 Å². The topological polar surface area (TPSA) is 79.7 Å². The second-order valence-electron chi connectivity index (χ2n) is 8.23. The second kappa shape index (κ2) is 10.1. The van der Waals surface area contributed by atoms with Crippen molar-refractivity contribution in [3.8, 4) is 0 Å².